The van der Waals surface area contributed by atoms with Crippen molar-refractivity contribution in [1.82, 2.24) is 0 Å². The predicted octanol–water partition coefficient (Wildman–Crippen LogP) is 4.75. The molecule has 0 unspecified atom stereocenters. The third kappa shape index (κ3) is 5.52. The summed E-state index contributed by atoms with van der Waals surface area (Å²) in [7, 11) is 1.66. The van der Waals surface area contributed by atoms with Gasteiger partial charge in [0.25, 0.3) is 0 Å². The molecule has 0 aromatic heterocycles. The molecular weight excluding hydrogens is 304 g/mol. The van der Waals surface area contributed by atoms with Gasteiger partial charge in [0, 0.05) is 17.4 Å². The molecule has 2 aromatic rings. The molecule has 112 valence electrons. The predicted molar refractivity (Wildman–Crippen MR) is 90.7 cm³/mol. The van der Waals surface area contributed by atoms with Gasteiger partial charge in [-0.25, -0.2) is 0 Å². The lowest BCUT2D eigenvalue weighted by Crippen LogP contribution is -2.00. The Hall–Kier alpha value is -1.32. The van der Waals surface area contributed by atoms with Gasteiger partial charge < -0.3 is 9.47 Å². The maximum absolute atomic E-state index is 5.77. The number of hydrogen-bond donors (Lipinski definition) is 0. The quantitative estimate of drug-likeness (QED) is 0.516. The van der Waals surface area contributed by atoms with E-state index in [0.717, 1.165) is 28.6 Å². The SMILES string of the molecule is COc1ccc(OCCSCc2ccc(CCl)cc2)cc1. The van der Waals surface area contributed by atoms with Crippen molar-refractivity contribution in [3.8, 4) is 11.5 Å². The molecule has 0 aliphatic carbocycles. The Labute approximate surface area is 135 Å². The van der Waals surface area contributed by atoms with Gasteiger partial charge >= 0.3 is 0 Å². The van der Waals surface area contributed by atoms with Crippen LogP contribution >= 0.6 is 23.4 Å². The highest BCUT2D eigenvalue weighted by molar-refractivity contribution is 7.98. The molecule has 21 heavy (non-hydrogen) atoms. The Morgan fingerprint density at radius 2 is 1.52 bits per heavy atom. The van der Waals surface area contributed by atoms with E-state index in [9.17, 15) is 0 Å². The zero-order chi connectivity index (χ0) is 14.9. The topological polar surface area (TPSA) is 18.5 Å². The fraction of sp³-hybridized carbons (Fsp3) is 0.294. The summed E-state index contributed by atoms with van der Waals surface area (Å²) >= 11 is 7.64. The molecule has 0 N–H and O–H groups in total. The van der Waals surface area contributed by atoms with E-state index < -0.39 is 0 Å². The summed E-state index contributed by atoms with van der Waals surface area (Å²) in [4.78, 5) is 0. The molecule has 2 rings (SSSR count). The van der Waals surface area contributed by atoms with Crippen LogP contribution in [0.1, 0.15) is 11.1 Å². The van der Waals surface area contributed by atoms with Gasteiger partial charge in [0.15, 0.2) is 0 Å². The van der Waals surface area contributed by atoms with Crippen molar-refractivity contribution in [1.29, 1.82) is 0 Å². The molecule has 0 saturated heterocycles. The number of hydrogen-bond acceptors (Lipinski definition) is 3. The molecule has 2 aromatic carbocycles. The first kappa shape index (κ1) is 16.1. The highest BCUT2D eigenvalue weighted by atomic mass is 35.5. The molecule has 2 nitrogen and oxygen atoms in total. The summed E-state index contributed by atoms with van der Waals surface area (Å²) in [6, 6.07) is 16.1. The second-order valence-electron chi connectivity index (χ2n) is 4.53. The van der Waals surface area contributed by atoms with Crippen LogP contribution in [-0.4, -0.2) is 19.5 Å². The Bertz CT molecular complexity index is 476. The molecule has 0 fully saturated rings. The van der Waals surface area contributed by atoms with Crippen LogP contribution in [0.15, 0.2) is 48.5 Å². The van der Waals surface area contributed by atoms with Crippen molar-refractivity contribution in [2.24, 2.45) is 0 Å². The van der Waals surface area contributed by atoms with Crippen molar-refractivity contribution >= 4 is 23.4 Å². The fourth-order valence-electron chi connectivity index (χ4n) is 1.80. The van der Waals surface area contributed by atoms with Gasteiger partial charge in [0.2, 0.25) is 0 Å². The van der Waals surface area contributed by atoms with Gasteiger partial charge in [-0.15, -0.1) is 11.6 Å². The van der Waals surface area contributed by atoms with Crippen LogP contribution in [0, 0.1) is 0 Å². The summed E-state index contributed by atoms with van der Waals surface area (Å²) in [5.74, 6) is 4.25. The number of thioether (sulfide) groups is 1. The molecule has 0 aliphatic rings. The number of halogens is 1. The molecule has 0 spiro atoms. The van der Waals surface area contributed by atoms with Crippen molar-refractivity contribution in [2.75, 3.05) is 19.5 Å². The number of rotatable bonds is 8. The van der Waals surface area contributed by atoms with Crippen LogP contribution in [0.4, 0.5) is 0 Å². The molecule has 0 amide bonds. The molecule has 4 heteroatoms. The third-order valence-corrected chi connectivity index (χ3v) is 4.30. The largest absolute Gasteiger partial charge is 0.497 e. The van der Waals surface area contributed by atoms with E-state index in [1.165, 1.54) is 5.56 Å². The van der Waals surface area contributed by atoms with Gasteiger partial charge in [-0.05, 0) is 35.4 Å². The Kier molecular flexibility index (Phi) is 6.77. The summed E-state index contributed by atoms with van der Waals surface area (Å²) in [6.07, 6.45) is 0. The standard InChI is InChI=1S/C17H19ClO2S/c1-19-16-6-8-17(9-7-16)20-10-11-21-13-15-4-2-14(12-18)3-5-15/h2-9H,10-13H2,1H3. The van der Waals surface area contributed by atoms with Gasteiger partial charge in [0.05, 0.1) is 13.7 Å². The summed E-state index contributed by atoms with van der Waals surface area (Å²) in [5.41, 5.74) is 2.48. The molecule has 0 atom stereocenters. The molecule has 0 bridgehead atoms. The first-order valence-electron chi connectivity index (χ1n) is 6.80. The van der Waals surface area contributed by atoms with Gasteiger partial charge in [-0.3, -0.25) is 0 Å². The van der Waals surface area contributed by atoms with E-state index >= 15 is 0 Å². The first-order chi connectivity index (χ1) is 10.3. The minimum absolute atomic E-state index is 0.573. The smallest absolute Gasteiger partial charge is 0.119 e. The van der Waals surface area contributed by atoms with Crippen molar-refractivity contribution in [3.05, 3.63) is 59.7 Å². The highest BCUT2D eigenvalue weighted by Crippen LogP contribution is 2.18. The minimum Gasteiger partial charge on any atom is -0.497 e. The number of benzene rings is 2. The van der Waals surface area contributed by atoms with E-state index in [-0.39, 0.29) is 0 Å². The number of alkyl halides is 1. The van der Waals surface area contributed by atoms with Crippen LogP contribution in [0.25, 0.3) is 0 Å². The van der Waals surface area contributed by atoms with Crippen LogP contribution in [0.2, 0.25) is 0 Å². The average molecular weight is 323 g/mol. The molecule has 0 heterocycles. The monoisotopic (exact) mass is 322 g/mol. The summed E-state index contributed by atoms with van der Waals surface area (Å²) in [5, 5.41) is 0. The Balaban J connectivity index is 1.64. The van der Waals surface area contributed by atoms with Crippen molar-refractivity contribution in [3.63, 3.8) is 0 Å². The molecular formula is C17H19ClO2S. The molecule has 0 saturated carbocycles. The third-order valence-electron chi connectivity index (χ3n) is 3.00. The number of ether oxygens (including phenoxy) is 2. The summed E-state index contributed by atoms with van der Waals surface area (Å²) in [6.45, 7) is 0.705. The van der Waals surface area contributed by atoms with Crippen LogP contribution < -0.4 is 9.47 Å². The zero-order valence-electron chi connectivity index (χ0n) is 12.0. The second kappa shape index (κ2) is 8.85. The van der Waals surface area contributed by atoms with Crippen molar-refractivity contribution < 1.29 is 9.47 Å². The van der Waals surface area contributed by atoms with E-state index in [2.05, 4.69) is 24.3 Å². The normalized spacial score (nSPS) is 10.4. The zero-order valence-corrected chi connectivity index (χ0v) is 13.6. The van der Waals surface area contributed by atoms with E-state index in [1.54, 1.807) is 7.11 Å². The molecule has 0 aliphatic heterocycles. The van der Waals surface area contributed by atoms with Crippen LogP contribution in [-0.2, 0) is 11.6 Å². The maximum atomic E-state index is 5.77. The van der Waals surface area contributed by atoms with Crippen LogP contribution in [0.3, 0.4) is 0 Å². The Morgan fingerprint density at radius 1 is 0.905 bits per heavy atom. The average Bonchev–Trinajstić information content (AvgIpc) is 2.55. The lowest BCUT2D eigenvalue weighted by molar-refractivity contribution is 0.342. The van der Waals surface area contributed by atoms with Gasteiger partial charge in [-0.2, -0.15) is 11.8 Å². The number of methoxy groups -OCH3 is 1. The highest BCUT2D eigenvalue weighted by Gasteiger charge is 1.97. The molecule has 0 radical (unpaired) electrons. The van der Waals surface area contributed by atoms with E-state index in [0.29, 0.717) is 12.5 Å². The fourth-order valence-corrected chi connectivity index (χ4v) is 2.76. The lowest BCUT2D eigenvalue weighted by Gasteiger charge is -2.07. The summed E-state index contributed by atoms with van der Waals surface area (Å²) < 4.78 is 10.8. The Morgan fingerprint density at radius 3 is 2.14 bits per heavy atom. The van der Waals surface area contributed by atoms with Gasteiger partial charge in [-0.1, -0.05) is 24.3 Å². The van der Waals surface area contributed by atoms with E-state index in [1.807, 2.05) is 36.0 Å². The minimum atomic E-state index is 0.573. The first-order valence-corrected chi connectivity index (χ1v) is 8.49. The lowest BCUT2D eigenvalue weighted by atomic mass is 10.2. The maximum Gasteiger partial charge on any atom is 0.119 e. The van der Waals surface area contributed by atoms with Crippen LogP contribution in [0.5, 0.6) is 11.5 Å². The van der Waals surface area contributed by atoms with E-state index in [4.69, 9.17) is 21.1 Å². The van der Waals surface area contributed by atoms with Crippen molar-refractivity contribution in [2.45, 2.75) is 11.6 Å². The van der Waals surface area contributed by atoms with Gasteiger partial charge in [0.1, 0.15) is 11.5 Å². The second-order valence-corrected chi connectivity index (χ2v) is 5.90.